The summed E-state index contributed by atoms with van der Waals surface area (Å²) in [5.74, 6) is -2.54. The number of hydrogen-bond acceptors (Lipinski definition) is 6. The van der Waals surface area contributed by atoms with E-state index in [1.54, 1.807) is 19.2 Å². The zero-order valence-electron chi connectivity index (χ0n) is 17.1. The maximum absolute atomic E-state index is 15.0. The lowest BCUT2D eigenvalue weighted by Crippen LogP contribution is -2.49. The molecule has 0 atom stereocenters. The summed E-state index contributed by atoms with van der Waals surface area (Å²) in [6, 6.07) is 6.65. The third-order valence-corrected chi connectivity index (χ3v) is 5.50. The van der Waals surface area contributed by atoms with Crippen LogP contribution in [0.1, 0.15) is 13.8 Å². The molecule has 0 unspecified atom stereocenters. The van der Waals surface area contributed by atoms with Gasteiger partial charge in [0.15, 0.2) is 17.3 Å². The maximum atomic E-state index is 15.0. The van der Waals surface area contributed by atoms with Gasteiger partial charge in [0.25, 0.3) is 0 Å². The molecule has 1 amide bonds. The van der Waals surface area contributed by atoms with Crippen LogP contribution in [0.2, 0.25) is 0 Å². The van der Waals surface area contributed by atoms with E-state index in [4.69, 9.17) is 9.47 Å². The van der Waals surface area contributed by atoms with Crippen LogP contribution in [0.15, 0.2) is 24.3 Å². The number of aromatic nitrogens is 2. The number of hydrogen-bond donors (Lipinski definition) is 2. The van der Waals surface area contributed by atoms with Crippen LogP contribution in [0, 0.1) is 5.82 Å². The highest BCUT2D eigenvalue weighted by Gasteiger charge is 2.39. The van der Waals surface area contributed by atoms with Gasteiger partial charge in [0.2, 0.25) is 11.7 Å². The van der Waals surface area contributed by atoms with Crippen molar-refractivity contribution in [3.63, 3.8) is 0 Å². The summed E-state index contributed by atoms with van der Waals surface area (Å²) >= 11 is 0. The summed E-state index contributed by atoms with van der Waals surface area (Å²) in [6.45, 7) is 4.24. The number of amides is 1. The van der Waals surface area contributed by atoms with Crippen molar-refractivity contribution in [1.82, 2.24) is 9.55 Å². The van der Waals surface area contributed by atoms with Gasteiger partial charge in [-0.3, -0.25) is 4.79 Å². The van der Waals surface area contributed by atoms with Crippen LogP contribution in [0.5, 0.6) is 17.2 Å². The van der Waals surface area contributed by atoms with Gasteiger partial charge in [-0.2, -0.15) is 0 Å². The van der Waals surface area contributed by atoms with Crippen molar-refractivity contribution in [3.8, 4) is 28.6 Å². The number of aromatic hydroxyl groups is 2. The lowest BCUT2D eigenvalue weighted by molar-refractivity contribution is -0.116. The molecule has 30 heavy (non-hydrogen) atoms. The number of methoxy groups -OCH3 is 1. The van der Waals surface area contributed by atoms with Crippen molar-refractivity contribution >= 4 is 22.6 Å². The maximum Gasteiger partial charge on any atom is 0.223 e. The highest BCUT2D eigenvalue weighted by molar-refractivity contribution is 5.94. The topological polar surface area (TPSA) is 97.1 Å². The van der Waals surface area contributed by atoms with Crippen molar-refractivity contribution in [2.24, 2.45) is 0 Å². The molecule has 2 N–H and O–H groups in total. The van der Waals surface area contributed by atoms with Crippen molar-refractivity contribution in [2.75, 3.05) is 32.3 Å². The van der Waals surface area contributed by atoms with Gasteiger partial charge >= 0.3 is 0 Å². The number of ether oxygens (including phenoxy) is 2. The molecule has 158 valence electrons. The minimum Gasteiger partial charge on any atom is -0.502 e. The van der Waals surface area contributed by atoms with Crippen molar-refractivity contribution < 1.29 is 28.9 Å². The predicted molar refractivity (Wildman–Crippen MR) is 109 cm³/mol. The standard InChI is InChI=1S/C21H22FN3O5/c1-11(26)24(3)12-5-6-15-14(7-12)23-20(25(15)21(2)9-30-10-21)13-8-16(29-4)18(27)19(28)17(13)22/h5-8,27-28H,9-10H2,1-4H3. The second-order valence-electron chi connectivity index (χ2n) is 7.65. The molecule has 0 spiro atoms. The first kappa shape index (κ1) is 20.0. The molecule has 1 fully saturated rings. The first-order chi connectivity index (χ1) is 14.2. The van der Waals surface area contributed by atoms with E-state index in [1.807, 2.05) is 17.6 Å². The third kappa shape index (κ3) is 2.85. The molecule has 4 rings (SSSR count). The average molecular weight is 415 g/mol. The van der Waals surface area contributed by atoms with Crippen LogP contribution < -0.4 is 9.64 Å². The van der Waals surface area contributed by atoms with E-state index in [1.165, 1.54) is 25.0 Å². The Balaban J connectivity index is 2.01. The quantitative estimate of drug-likeness (QED) is 0.636. The largest absolute Gasteiger partial charge is 0.502 e. The summed E-state index contributed by atoms with van der Waals surface area (Å²) in [5, 5.41) is 20.0. The molecule has 0 radical (unpaired) electrons. The number of fused-ring (bicyclic) bond motifs is 1. The number of nitrogens with zero attached hydrogens (tertiary/aromatic N) is 3. The SMILES string of the molecule is COc1cc(-c2nc3cc(N(C)C(C)=O)ccc3n2C2(C)COC2)c(F)c(O)c1O. The molecule has 0 saturated carbocycles. The van der Waals surface area contributed by atoms with E-state index in [0.717, 1.165) is 5.52 Å². The minimum absolute atomic E-state index is 0.0204. The highest BCUT2D eigenvalue weighted by atomic mass is 19.1. The van der Waals surface area contributed by atoms with Gasteiger partial charge in [-0.1, -0.05) is 0 Å². The number of rotatable bonds is 4. The molecule has 1 saturated heterocycles. The summed E-state index contributed by atoms with van der Waals surface area (Å²) in [4.78, 5) is 17.9. The van der Waals surface area contributed by atoms with Crippen LogP contribution in [0.4, 0.5) is 10.1 Å². The Bertz CT molecular complexity index is 1170. The fraction of sp³-hybridized carbons (Fsp3) is 0.333. The fourth-order valence-corrected chi connectivity index (χ4v) is 3.64. The third-order valence-electron chi connectivity index (χ3n) is 5.50. The zero-order valence-corrected chi connectivity index (χ0v) is 17.1. The second kappa shape index (κ2) is 6.88. The van der Waals surface area contributed by atoms with Crippen LogP contribution in [0.3, 0.4) is 0 Å². The van der Waals surface area contributed by atoms with Crippen molar-refractivity contribution in [3.05, 3.63) is 30.1 Å². The van der Waals surface area contributed by atoms with Gasteiger partial charge in [-0.15, -0.1) is 0 Å². The lowest BCUT2D eigenvalue weighted by atomic mass is 9.98. The number of carbonyl (C=O) groups is 1. The van der Waals surface area contributed by atoms with Gasteiger partial charge in [-0.25, -0.2) is 9.37 Å². The second-order valence-corrected chi connectivity index (χ2v) is 7.65. The van der Waals surface area contributed by atoms with Gasteiger partial charge in [0.1, 0.15) is 5.82 Å². The number of anilines is 1. The van der Waals surface area contributed by atoms with Crippen LogP contribution in [-0.4, -0.2) is 53.0 Å². The first-order valence-corrected chi connectivity index (χ1v) is 9.31. The predicted octanol–water partition coefficient (Wildman–Crippen LogP) is 2.99. The number of imidazole rings is 1. The molecule has 2 heterocycles. The minimum atomic E-state index is -1.00. The van der Waals surface area contributed by atoms with Gasteiger partial charge in [0, 0.05) is 19.7 Å². The van der Waals surface area contributed by atoms with Crippen molar-refractivity contribution in [1.29, 1.82) is 0 Å². The van der Waals surface area contributed by atoms with E-state index in [0.29, 0.717) is 24.4 Å². The molecular formula is C21H22FN3O5. The Morgan fingerprint density at radius 3 is 2.57 bits per heavy atom. The molecule has 3 aromatic rings. The molecule has 9 heteroatoms. The molecule has 8 nitrogen and oxygen atoms in total. The molecular weight excluding hydrogens is 393 g/mol. The first-order valence-electron chi connectivity index (χ1n) is 9.31. The summed E-state index contributed by atoms with van der Waals surface area (Å²) < 4.78 is 27.3. The normalized spacial score (nSPS) is 15.1. The van der Waals surface area contributed by atoms with E-state index in [-0.39, 0.29) is 23.0 Å². The number of halogens is 1. The lowest BCUT2D eigenvalue weighted by Gasteiger charge is -2.40. The number of phenolic OH excluding ortho intramolecular Hbond substituents is 2. The Kier molecular flexibility index (Phi) is 4.58. The van der Waals surface area contributed by atoms with Gasteiger partial charge in [0.05, 0.1) is 42.5 Å². The van der Waals surface area contributed by atoms with Gasteiger partial charge in [-0.05, 0) is 31.2 Å². The van der Waals surface area contributed by atoms with Crippen molar-refractivity contribution in [2.45, 2.75) is 19.4 Å². The Morgan fingerprint density at radius 1 is 1.30 bits per heavy atom. The van der Waals surface area contributed by atoms with Gasteiger partial charge < -0.3 is 29.2 Å². The van der Waals surface area contributed by atoms with E-state index in [9.17, 15) is 19.4 Å². The molecule has 0 aliphatic carbocycles. The molecule has 0 bridgehead atoms. The molecule has 2 aromatic carbocycles. The Labute approximate surface area is 172 Å². The van der Waals surface area contributed by atoms with Crippen LogP contribution in [-0.2, 0) is 15.1 Å². The van der Waals surface area contributed by atoms with E-state index >= 15 is 0 Å². The highest BCUT2D eigenvalue weighted by Crippen LogP contribution is 2.45. The van der Waals surface area contributed by atoms with Crippen LogP contribution >= 0.6 is 0 Å². The number of carbonyl (C=O) groups excluding carboxylic acids is 1. The number of benzene rings is 2. The zero-order chi connectivity index (χ0) is 21.8. The van der Waals surface area contributed by atoms with Crippen LogP contribution in [0.25, 0.3) is 22.4 Å². The summed E-state index contributed by atoms with van der Waals surface area (Å²) in [7, 11) is 2.97. The molecule has 1 aliphatic rings. The molecule has 1 aromatic heterocycles. The Morgan fingerprint density at radius 2 is 2.00 bits per heavy atom. The Hall–Kier alpha value is -3.33. The van der Waals surface area contributed by atoms with E-state index < -0.39 is 22.9 Å². The average Bonchev–Trinajstić information content (AvgIpc) is 3.08. The smallest absolute Gasteiger partial charge is 0.223 e. The summed E-state index contributed by atoms with van der Waals surface area (Å²) in [6.07, 6.45) is 0. The fourth-order valence-electron chi connectivity index (χ4n) is 3.64. The monoisotopic (exact) mass is 415 g/mol. The molecule has 1 aliphatic heterocycles. The summed E-state index contributed by atoms with van der Waals surface area (Å²) in [5.41, 5.74) is 1.42. The van der Waals surface area contributed by atoms with E-state index in [2.05, 4.69) is 4.98 Å². The number of phenols is 2.